The number of aromatic carboxylic acids is 1. The van der Waals surface area contributed by atoms with E-state index in [1.807, 2.05) is 6.07 Å². The number of sulfonamides is 1. The summed E-state index contributed by atoms with van der Waals surface area (Å²) >= 11 is 0. The van der Waals surface area contributed by atoms with Crippen LogP contribution in [0.4, 0.5) is 15.8 Å². The van der Waals surface area contributed by atoms with Gasteiger partial charge in [0.1, 0.15) is 5.82 Å². The highest BCUT2D eigenvalue weighted by Crippen LogP contribution is 2.35. The SMILES string of the molecule is CCS(=O)(=O)Nc1cc(-c2nc(-c3ccc(C(=O)O)c(F)c3)no2)ccc1N1CCCCC1C. The lowest BCUT2D eigenvalue weighted by Gasteiger charge is -2.36. The van der Waals surface area contributed by atoms with Gasteiger partial charge >= 0.3 is 5.97 Å². The van der Waals surface area contributed by atoms with Gasteiger partial charge < -0.3 is 14.5 Å². The summed E-state index contributed by atoms with van der Waals surface area (Å²) in [4.78, 5) is 17.5. The molecule has 0 saturated carbocycles. The summed E-state index contributed by atoms with van der Waals surface area (Å²) in [5, 5.41) is 12.9. The number of aromatic nitrogens is 2. The van der Waals surface area contributed by atoms with E-state index in [2.05, 4.69) is 26.7 Å². The maximum atomic E-state index is 14.1. The second kappa shape index (κ2) is 9.41. The largest absolute Gasteiger partial charge is 0.478 e. The summed E-state index contributed by atoms with van der Waals surface area (Å²) in [5.41, 5.74) is 1.48. The zero-order chi connectivity index (χ0) is 24.5. The number of piperidine rings is 1. The lowest BCUT2D eigenvalue weighted by molar-refractivity contribution is 0.0692. The van der Waals surface area contributed by atoms with Crippen LogP contribution in [0, 0.1) is 5.82 Å². The van der Waals surface area contributed by atoms with E-state index in [-0.39, 0.29) is 29.1 Å². The standard InChI is InChI=1S/C23H25FN4O5S/c1-3-34(31,32)27-19-13-16(8-10-20(19)28-11-5-4-6-14(28)2)22-25-21(26-33-22)15-7-9-17(23(29)30)18(24)12-15/h7-10,12-14,27H,3-6,11H2,1-2H3,(H,29,30). The van der Waals surface area contributed by atoms with Gasteiger partial charge in [-0.15, -0.1) is 0 Å². The molecule has 34 heavy (non-hydrogen) atoms. The third-order valence-electron chi connectivity index (χ3n) is 5.89. The van der Waals surface area contributed by atoms with Crippen LogP contribution in [0.2, 0.25) is 0 Å². The fraction of sp³-hybridized carbons (Fsp3) is 0.348. The Bertz CT molecular complexity index is 1320. The predicted molar refractivity (Wildman–Crippen MR) is 126 cm³/mol. The second-order valence-electron chi connectivity index (χ2n) is 8.20. The maximum absolute atomic E-state index is 14.1. The Morgan fingerprint density at radius 3 is 2.68 bits per heavy atom. The van der Waals surface area contributed by atoms with E-state index >= 15 is 0 Å². The Labute approximate surface area is 196 Å². The van der Waals surface area contributed by atoms with Crippen molar-refractivity contribution in [2.24, 2.45) is 0 Å². The van der Waals surface area contributed by atoms with Gasteiger partial charge in [-0.25, -0.2) is 17.6 Å². The molecule has 2 aromatic carbocycles. The molecule has 4 rings (SSSR count). The Kier molecular flexibility index (Phi) is 6.56. The molecule has 3 aromatic rings. The molecule has 0 amide bonds. The monoisotopic (exact) mass is 488 g/mol. The summed E-state index contributed by atoms with van der Waals surface area (Å²) in [7, 11) is -3.54. The zero-order valence-corrected chi connectivity index (χ0v) is 19.6. The number of anilines is 2. The number of halogens is 1. The molecule has 1 unspecified atom stereocenters. The first-order valence-corrected chi connectivity index (χ1v) is 12.6. The predicted octanol–water partition coefficient (Wildman–Crippen LogP) is 4.38. The van der Waals surface area contributed by atoms with Crippen LogP contribution >= 0.6 is 0 Å². The summed E-state index contributed by atoms with van der Waals surface area (Å²) in [6.45, 7) is 4.50. The second-order valence-corrected chi connectivity index (χ2v) is 10.2. The third-order valence-corrected chi connectivity index (χ3v) is 7.18. The molecule has 0 aliphatic carbocycles. The molecule has 1 fully saturated rings. The van der Waals surface area contributed by atoms with Crippen LogP contribution in [0.25, 0.3) is 22.8 Å². The van der Waals surface area contributed by atoms with Crippen LogP contribution in [0.1, 0.15) is 43.5 Å². The van der Waals surface area contributed by atoms with E-state index in [0.717, 1.165) is 43.6 Å². The minimum Gasteiger partial charge on any atom is -0.478 e. The van der Waals surface area contributed by atoms with Crippen LogP contribution in [-0.4, -0.2) is 48.0 Å². The first kappa shape index (κ1) is 23.7. The number of carbonyl (C=O) groups is 1. The lowest BCUT2D eigenvalue weighted by atomic mass is 10.0. The fourth-order valence-corrected chi connectivity index (χ4v) is 4.63. The van der Waals surface area contributed by atoms with E-state index in [0.29, 0.717) is 11.3 Å². The maximum Gasteiger partial charge on any atom is 0.338 e. The van der Waals surface area contributed by atoms with Crippen molar-refractivity contribution in [3.63, 3.8) is 0 Å². The van der Waals surface area contributed by atoms with Gasteiger partial charge in [-0.3, -0.25) is 4.72 Å². The summed E-state index contributed by atoms with van der Waals surface area (Å²) < 4.78 is 46.8. The normalized spacial score (nSPS) is 16.4. The number of nitrogens with one attached hydrogen (secondary N) is 1. The van der Waals surface area contributed by atoms with Crippen molar-refractivity contribution in [2.75, 3.05) is 21.9 Å². The highest BCUT2D eigenvalue weighted by atomic mass is 32.2. The molecular weight excluding hydrogens is 463 g/mol. The molecule has 11 heteroatoms. The van der Waals surface area contributed by atoms with Gasteiger partial charge in [0.05, 0.1) is 22.7 Å². The van der Waals surface area contributed by atoms with Crippen LogP contribution in [0.15, 0.2) is 40.9 Å². The smallest absolute Gasteiger partial charge is 0.338 e. The number of nitrogens with zero attached hydrogens (tertiary/aromatic N) is 3. The third kappa shape index (κ3) is 4.89. The van der Waals surface area contributed by atoms with Crippen molar-refractivity contribution in [2.45, 2.75) is 39.2 Å². The number of carboxylic acids is 1. The van der Waals surface area contributed by atoms with Gasteiger partial charge in [0.15, 0.2) is 0 Å². The number of hydrogen-bond acceptors (Lipinski definition) is 7. The highest BCUT2D eigenvalue weighted by molar-refractivity contribution is 7.92. The van der Waals surface area contributed by atoms with Crippen molar-refractivity contribution in [3.05, 3.63) is 47.8 Å². The van der Waals surface area contributed by atoms with E-state index in [4.69, 9.17) is 9.63 Å². The topological polar surface area (TPSA) is 126 Å². The molecule has 1 atom stereocenters. The zero-order valence-electron chi connectivity index (χ0n) is 18.8. The minimum atomic E-state index is -3.54. The minimum absolute atomic E-state index is 0.0746. The quantitative estimate of drug-likeness (QED) is 0.502. The number of benzene rings is 2. The molecule has 0 spiro atoms. The van der Waals surface area contributed by atoms with Gasteiger partial charge in [-0.05, 0) is 69.5 Å². The first-order valence-electron chi connectivity index (χ1n) is 11.0. The Hall–Kier alpha value is -3.47. The summed E-state index contributed by atoms with van der Waals surface area (Å²) in [6.07, 6.45) is 3.17. The molecule has 2 heterocycles. The molecule has 1 aromatic heterocycles. The van der Waals surface area contributed by atoms with Crippen molar-refractivity contribution in [1.82, 2.24) is 10.1 Å². The van der Waals surface area contributed by atoms with Crippen LogP contribution < -0.4 is 9.62 Å². The van der Waals surface area contributed by atoms with Gasteiger partial charge in [0, 0.05) is 23.7 Å². The molecule has 0 bridgehead atoms. The molecule has 1 saturated heterocycles. The fourth-order valence-electron chi connectivity index (χ4n) is 3.98. The van der Waals surface area contributed by atoms with E-state index in [1.165, 1.54) is 6.07 Å². The van der Waals surface area contributed by atoms with Gasteiger partial charge in [-0.2, -0.15) is 4.98 Å². The molecule has 1 aliphatic rings. The van der Waals surface area contributed by atoms with Gasteiger partial charge in [0.25, 0.3) is 5.89 Å². The van der Waals surface area contributed by atoms with Crippen LogP contribution in [0.5, 0.6) is 0 Å². The molecule has 180 valence electrons. The molecule has 0 radical (unpaired) electrons. The molecular formula is C23H25FN4O5S. The Morgan fingerprint density at radius 2 is 2.00 bits per heavy atom. The summed E-state index contributed by atoms with van der Waals surface area (Å²) in [6, 6.07) is 9.07. The summed E-state index contributed by atoms with van der Waals surface area (Å²) in [5.74, 6) is -2.16. The van der Waals surface area contributed by atoms with Crippen molar-refractivity contribution in [3.8, 4) is 22.8 Å². The molecule has 2 N–H and O–H groups in total. The van der Waals surface area contributed by atoms with Crippen molar-refractivity contribution in [1.29, 1.82) is 0 Å². The Balaban J connectivity index is 1.70. The van der Waals surface area contributed by atoms with E-state index < -0.39 is 27.4 Å². The van der Waals surface area contributed by atoms with Gasteiger partial charge in [0.2, 0.25) is 15.8 Å². The van der Waals surface area contributed by atoms with Crippen molar-refractivity contribution < 1.29 is 27.2 Å². The van der Waals surface area contributed by atoms with Crippen LogP contribution in [0.3, 0.4) is 0 Å². The van der Waals surface area contributed by atoms with Gasteiger partial charge in [-0.1, -0.05) is 5.16 Å². The number of rotatable bonds is 7. The molecule has 1 aliphatic heterocycles. The average Bonchev–Trinajstić information content (AvgIpc) is 3.29. The van der Waals surface area contributed by atoms with E-state index in [9.17, 15) is 17.6 Å². The highest BCUT2D eigenvalue weighted by Gasteiger charge is 2.24. The number of hydrogen-bond donors (Lipinski definition) is 2. The first-order chi connectivity index (χ1) is 16.2. The van der Waals surface area contributed by atoms with Crippen molar-refractivity contribution >= 4 is 27.4 Å². The Morgan fingerprint density at radius 1 is 1.24 bits per heavy atom. The average molecular weight is 489 g/mol. The van der Waals surface area contributed by atoms with E-state index in [1.54, 1.807) is 19.1 Å². The number of carboxylic acid groups (broad SMARTS) is 1. The van der Waals surface area contributed by atoms with Crippen LogP contribution in [-0.2, 0) is 10.0 Å². The lowest BCUT2D eigenvalue weighted by Crippen LogP contribution is -2.38. The molecule has 9 nitrogen and oxygen atoms in total.